The van der Waals surface area contributed by atoms with E-state index in [-0.39, 0.29) is 19.4 Å². The van der Waals surface area contributed by atoms with Crippen LogP contribution < -0.4 is 11.5 Å². The van der Waals surface area contributed by atoms with Gasteiger partial charge in [0.05, 0.1) is 0 Å². The maximum Gasteiger partial charge on any atom is 0.320 e. The van der Waals surface area contributed by atoms with Crippen LogP contribution in [0.1, 0.15) is 19.8 Å². The van der Waals surface area contributed by atoms with E-state index >= 15 is 0 Å². The summed E-state index contributed by atoms with van der Waals surface area (Å²) in [7, 11) is 0. The van der Waals surface area contributed by atoms with E-state index in [1.54, 1.807) is 6.92 Å². The Morgan fingerprint density at radius 3 is 2.08 bits per heavy atom. The molecule has 0 aliphatic rings. The first-order valence-electron chi connectivity index (χ1n) is 3.83. The van der Waals surface area contributed by atoms with E-state index in [4.69, 9.17) is 21.7 Å². The standard InChI is InChI=1S/C5H10N2O3.C2H6O/c6-3(5(9)10)1-2-4(7)8;1-2-3/h3H,1-2,6H2,(H2,7,8)(H,9,10);3H,2H2,1H3. The molecule has 0 aromatic heterocycles. The van der Waals surface area contributed by atoms with Crippen molar-refractivity contribution in [1.29, 1.82) is 0 Å². The zero-order valence-corrected chi connectivity index (χ0v) is 7.56. The SMILES string of the molecule is CCO.NC(=O)CCC(N)C(=O)O. The number of amides is 1. The van der Waals surface area contributed by atoms with Gasteiger partial charge in [-0.3, -0.25) is 9.59 Å². The van der Waals surface area contributed by atoms with Crippen molar-refractivity contribution in [2.45, 2.75) is 25.8 Å². The normalized spacial score (nSPS) is 11.0. The van der Waals surface area contributed by atoms with Crippen LogP contribution in [0.4, 0.5) is 0 Å². The quantitative estimate of drug-likeness (QED) is 0.438. The summed E-state index contributed by atoms with van der Waals surface area (Å²) in [6, 6.07) is -0.979. The lowest BCUT2D eigenvalue weighted by Gasteiger charge is -2.01. The van der Waals surface area contributed by atoms with E-state index in [1.165, 1.54) is 0 Å². The number of nitrogens with two attached hydrogens (primary N) is 2. The molecule has 6 heteroatoms. The summed E-state index contributed by atoms with van der Waals surface area (Å²) in [5, 5.41) is 15.8. The van der Waals surface area contributed by atoms with E-state index in [2.05, 4.69) is 0 Å². The lowest BCUT2D eigenvalue weighted by atomic mass is 10.2. The maximum atomic E-state index is 10.1. The van der Waals surface area contributed by atoms with Crippen molar-refractivity contribution in [1.82, 2.24) is 0 Å². The van der Waals surface area contributed by atoms with Gasteiger partial charge in [0.1, 0.15) is 6.04 Å². The van der Waals surface area contributed by atoms with E-state index in [1.807, 2.05) is 0 Å². The average Bonchev–Trinajstić information content (AvgIpc) is 2.01. The van der Waals surface area contributed by atoms with Crippen molar-refractivity contribution in [3.63, 3.8) is 0 Å². The zero-order valence-electron chi connectivity index (χ0n) is 7.56. The van der Waals surface area contributed by atoms with Gasteiger partial charge in [0.25, 0.3) is 0 Å². The summed E-state index contributed by atoms with van der Waals surface area (Å²) in [5.41, 5.74) is 9.81. The molecule has 0 fully saturated rings. The Morgan fingerprint density at radius 1 is 1.46 bits per heavy atom. The van der Waals surface area contributed by atoms with Crippen molar-refractivity contribution >= 4 is 11.9 Å². The average molecular weight is 192 g/mol. The summed E-state index contributed by atoms with van der Waals surface area (Å²) in [6.07, 6.45) is 0.123. The van der Waals surface area contributed by atoms with Gasteiger partial charge >= 0.3 is 5.97 Å². The molecule has 0 aromatic rings. The minimum Gasteiger partial charge on any atom is -0.480 e. The van der Waals surface area contributed by atoms with Crippen LogP contribution in [0.25, 0.3) is 0 Å². The highest BCUT2D eigenvalue weighted by molar-refractivity contribution is 5.76. The van der Waals surface area contributed by atoms with Crippen molar-refractivity contribution in [2.75, 3.05) is 6.61 Å². The van der Waals surface area contributed by atoms with Gasteiger partial charge < -0.3 is 21.7 Å². The molecule has 6 nitrogen and oxygen atoms in total. The molecule has 0 rings (SSSR count). The van der Waals surface area contributed by atoms with Gasteiger partial charge in [-0.25, -0.2) is 0 Å². The maximum absolute atomic E-state index is 10.1. The third kappa shape index (κ3) is 13.8. The minimum absolute atomic E-state index is 0.0213. The van der Waals surface area contributed by atoms with E-state index in [0.717, 1.165) is 0 Å². The van der Waals surface area contributed by atoms with Gasteiger partial charge in [-0.2, -0.15) is 0 Å². The van der Waals surface area contributed by atoms with Crippen LogP contribution in [0, 0.1) is 0 Å². The van der Waals surface area contributed by atoms with Crippen LogP contribution in [0.3, 0.4) is 0 Å². The Kier molecular flexibility index (Phi) is 9.91. The molecule has 13 heavy (non-hydrogen) atoms. The zero-order chi connectivity index (χ0) is 10.9. The van der Waals surface area contributed by atoms with E-state index in [9.17, 15) is 9.59 Å². The van der Waals surface area contributed by atoms with Gasteiger partial charge in [0.2, 0.25) is 5.91 Å². The molecule has 0 aromatic carbocycles. The first kappa shape index (κ1) is 14.4. The number of aliphatic hydroxyl groups is 1. The van der Waals surface area contributed by atoms with Gasteiger partial charge in [-0.05, 0) is 13.3 Å². The number of carboxylic acids is 1. The fraction of sp³-hybridized carbons (Fsp3) is 0.714. The summed E-state index contributed by atoms with van der Waals surface area (Å²) in [4.78, 5) is 20.1. The number of carboxylic acid groups (broad SMARTS) is 1. The van der Waals surface area contributed by atoms with Crippen molar-refractivity contribution in [2.24, 2.45) is 11.5 Å². The van der Waals surface area contributed by atoms with Crippen molar-refractivity contribution < 1.29 is 19.8 Å². The Balaban J connectivity index is 0. The first-order valence-corrected chi connectivity index (χ1v) is 3.83. The fourth-order valence-electron chi connectivity index (χ4n) is 0.421. The summed E-state index contributed by atoms with van der Waals surface area (Å²) >= 11 is 0. The molecule has 0 spiro atoms. The highest BCUT2D eigenvalue weighted by Crippen LogP contribution is 1.92. The molecule has 6 N–H and O–H groups in total. The lowest BCUT2D eigenvalue weighted by molar-refractivity contribution is -0.138. The van der Waals surface area contributed by atoms with Crippen LogP contribution >= 0.6 is 0 Å². The summed E-state index contributed by atoms with van der Waals surface area (Å²) in [5.74, 6) is -1.64. The van der Waals surface area contributed by atoms with Gasteiger partial charge in [-0.15, -0.1) is 0 Å². The smallest absolute Gasteiger partial charge is 0.320 e. The Hall–Kier alpha value is -1.14. The molecule has 0 aliphatic carbocycles. The fourth-order valence-corrected chi connectivity index (χ4v) is 0.421. The second-order valence-electron chi connectivity index (χ2n) is 2.27. The third-order valence-corrected chi connectivity index (χ3v) is 1.02. The van der Waals surface area contributed by atoms with Crippen LogP contribution in [-0.4, -0.2) is 34.7 Å². The Labute approximate surface area is 76.5 Å². The molecular formula is C7H16N2O4. The number of aliphatic carboxylic acids is 1. The lowest BCUT2D eigenvalue weighted by Crippen LogP contribution is -2.31. The van der Waals surface area contributed by atoms with E-state index in [0.29, 0.717) is 0 Å². The van der Waals surface area contributed by atoms with Crippen LogP contribution in [0.5, 0.6) is 0 Å². The molecule has 0 saturated heterocycles. The summed E-state index contributed by atoms with van der Waals surface area (Å²) in [6.45, 7) is 1.93. The molecule has 0 saturated carbocycles. The molecule has 0 heterocycles. The largest absolute Gasteiger partial charge is 0.480 e. The van der Waals surface area contributed by atoms with Crippen LogP contribution in [0.15, 0.2) is 0 Å². The number of rotatable bonds is 4. The Bertz CT molecular complexity index is 161. The van der Waals surface area contributed by atoms with Gasteiger partial charge in [0.15, 0.2) is 0 Å². The second-order valence-corrected chi connectivity index (χ2v) is 2.27. The number of primary amides is 1. The van der Waals surface area contributed by atoms with Crippen LogP contribution in [-0.2, 0) is 9.59 Å². The molecule has 0 radical (unpaired) electrons. The minimum atomic E-state index is -1.11. The van der Waals surface area contributed by atoms with Gasteiger partial charge in [-0.1, -0.05) is 0 Å². The topological polar surface area (TPSA) is 127 Å². The van der Waals surface area contributed by atoms with Crippen LogP contribution in [0.2, 0.25) is 0 Å². The molecular weight excluding hydrogens is 176 g/mol. The number of hydrogen-bond acceptors (Lipinski definition) is 4. The number of carbonyl (C=O) groups is 2. The Morgan fingerprint density at radius 2 is 1.85 bits per heavy atom. The highest BCUT2D eigenvalue weighted by atomic mass is 16.4. The molecule has 1 unspecified atom stereocenters. The second kappa shape index (κ2) is 8.95. The summed E-state index contributed by atoms with van der Waals surface area (Å²) < 4.78 is 0. The number of hydrogen-bond donors (Lipinski definition) is 4. The van der Waals surface area contributed by atoms with Crippen molar-refractivity contribution in [3.05, 3.63) is 0 Å². The molecule has 1 atom stereocenters. The predicted molar refractivity (Wildman–Crippen MR) is 46.8 cm³/mol. The third-order valence-electron chi connectivity index (χ3n) is 1.02. The predicted octanol–water partition coefficient (Wildman–Crippen LogP) is -1.34. The monoisotopic (exact) mass is 192 g/mol. The van der Waals surface area contributed by atoms with E-state index < -0.39 is 17.9 Å². The van der Waals surface area contributed by atoms with Crippen molar-refractivity contribution in [3.8, 4) is 0 Å². The number of aliphatic hydroxyl groups excluding tert-OH is 1. The number of carbonyl (C=O) groups excluding carboxylic acids is 1. The highest BCUT2D eigenvalue weighted by Gasteiger charge is 2.11. The first-order chi connectivity index (χ1) is 5.95. The molecule has 0 bridgehead atoms. The molecule has 1 amide bonds. The molecule has 0 aliphatic heterocycles. The molecule has 78 valence electrons. The van der Waals surface area contributed by atoms with Gasteiger partial charge in [0, 0.05) is 13.0 Å².